The molecule has 2 N–H and O–H groups in total. The molecule has 1 saturated carbocycles. The number of hydrogen-bond acceptors (Lipinski definition) is 5. The summed E-state index contributed by atoms with van der Waals surface area (Å²) in [7, 11) is -2.05. The zero-order valence-corrected chi connectivity index (χ0v) is 24.6. The van der Waals surface area contributed by atoms with Crippen molar-refractivity contribution in [3.8, 4) is 5.75 Å². The molecule has 0 radical (unpaired) electrons. The topological polar surface area (TPSA) is 77.7 Å². The Bertz CT molecular complexity index is 1450. The van der Waals surface area contributed by atoms with Crippen LogP contribution in [-0.2, 0) is 17.2 Å². The lowest BCUT2D eigenvalue weighted by atomic mass is 10.0. The van der Waals surface area contributed by atoms with Gasteiger partial charge in [0.05, 0.1) is 23.7 Å². The molecular formula is C30H36F3N3O3Si. The van der Waals surface area contributed by atoms with Gasteiger partial charge in [-0.3, -0.25) is 4.79 Å². The Morgan fingerprint density at radius 3 is 2.50 bits per heavy atom. The predicted molar refractivity (Wildman–Crippen MR) is 152 cm³/mol. The summed E-state index contributed by atoms with van der Waals surface area (Å²) in [5, 5.41) is 0.829. The number of benzene rings is 2. The van der Waals surface area contributed by atoms with Crippen LogP contribution >= 0.6 is 0 Å². The summed E-state index contributed by atoms with van der Waals surface area (Å²) >= 11 is 0. The minimum absolute atomic E-state index is 0.0341. The van der Waals surface area contributed by atoms with E-state index in [1.165, 1.54) is 6.07 Å². The molecule has 0 bridgehead atoms. The minimum Gasteiger partial charge on any atom is -0.491 e. The van der Waals surface area contributed by atoms with Crippen LogP contribution in [0.2, 0.25) is 18.1 Å². The standard InChI is InChI=1S/C30H36F3N3O3Si/c1-29(2,3)40(4,5)39-16-20-13-27(34)35-24-11-8-19(12-23(20)24)28(37)36(15-18-6-7-18)25-17-38-26-14-21(30(31,32)33)9-10-22(25)26/h8-14,18,25H,6-7,15-17H2,1-5H3,(H2,34,35). The van der Waals surface area contributed by atoms with Crippen molar-refractivity contribution in [1.82, 2.24) is 9.88 Å². The average molecular weight is 572 g/mol. The van der Waals surface area contributed by atoms with Crippen LogP contribution in [0.5, 0.6) is 5.75 Å². The summed E-state index contributed by atoms with van der Waals surface area (Å²) < 4.78 is 51.9. The SMILES string of the molecule is CC(C)(C)[Si](C)(C)OCc1cc(N)nc2ccc(C(=O)N(CC3CC3)C3COc4cc(C(F)(F)F)ccc43)cc12. The molecule has 0 spiro atoms. The number of nitrogens with two attached hydrogens (primary N) is 1. The molecular weight excluding hydrogens is 535 g/mol. The second kappa shape index (κ2) is 10.1. The van der Waals surface area contributed by atoms with Gasteiger partial charge < -0.3 is 19.8 Å². The number of pyridine rings is 1. The normalized spacial score (nSPS) is 17.6. The lowest BCUT2D eigenvalue weighted by Crippen LogP contribution is -2.40. The summed E-state index contributed by atoms with van der Waals surface area (Å²) in [6.45, 7) is 11.9. The molecule has 2 aliphatic rings. The predicted octanol–water partition coefficient (Wildman–Crippen LogP) is 7.34. The summed E-state index contributed by atoms with van der Waals surface area (Å²) in [5.41, 5.74) is 7.96. The van der Waals surface area contributed by atoms with E-state index >= 15 is 0 Å². The molecule has 2 aromatic carbocycles. The van der Waals surface area contributed by atoms with Crippen molar-refractivity contribution in [2.24, 2.45) is 5.92 Å². The molecule has 10 heteroatoms. The molecule has 40 heavy (non-hydrogen) atoms. The highest BCUT2D eigenvalue weighted by Crippen LogP contribution is 2.43. The van der Waals surface area contributed by atoms with Crippen LogP contribution < -0.4 is 10.5 Å². The van der Waals surface area contributed by atoms with E-state index in [0.717, 1.165) is 35.9 Å². The highest BCUT2D eigenvalue weighted by atomic mass is 28.4. The van der Waals surface area contributed by atoms with Crippen LogP contribution in [0, 0.1) is 5.92 Å². The number of aromatic nitrogens is 1. The molecule has 1 aromatic heterocycles. The number of amides is 1. The van der Waals surface area contributed by atoms with Crippen LogP contribution in [0.25, 0.3) is 10.9 Å². The number of alkyl halides is 3. The first-order chi connectivity index (χ1) is 18.6. The van der Waals surface area contributed by atoms with Crippen LogP contribution in [-0.4, -0.2) is 37.3 Å². The molecule has 3 aromatic rings. The van der Waals surface area contributed by atoms with E-state index in [-0.39, 0.29) is 23.3 Å². The molecule has 1 aliphatic heterocycles. The molecule has 1 fully saturated rings. The number of carbonyl (C=O) groups is 1. The van der Waals surface area contributed by atoms with Crippen LogP contribution in [0.1, 0.15) is 66.7 Å². The molecule has 0 saturated heterocycles. The number of anilines is 1. The van der Waals surface area contributed by atoms with E-state index in [9.17, 15) is 18.0 Å². The third kappa shape index (κ3) is 5.69. The maximum Gasteiger partial charge on any atom is 0.416 e. The summed E-state index contributed by atoms with van der Waals surface area (Å²) in [6, 6.07) is 10.2. The molecule has 1 aliphatic carbocycles. The molecule has 6 nitrogen and oxygen atoms in total. The van der Waals surface area contributed by atoms with Crippen molar-refractivity contribution in [3.05, 3.63) is 64.7 Å². The largest absolute Gasteiger partial charge is 0.491 e. The molecule has 5 rings (SSSR count). The zero-order chi connectivity index (χ0) is 29.0. The van der Waals surface area contributed by atoms with E-state index in [1.54, 1.807) is 23.1 Å². The Morgan fingerprint density at radius 1 is 1.12 bits per heavy atom. The number of fused-ring (bicyclic) bond motifs is 2. The molecule has 1 amide bonds. The zero-order valence-electron chi connectivity index (χ0n) is 23.6. The number of rotatable bonds is 7. The third-order valence-electron chi connectivity index (χ3n) is 8.44. The van der Waals surface area contributed by atoms with Crippen molar-refractivity contribution in [2.75, 3.05) is 18.9 Å². The van der Waals surface area contributed by atoms with Gasteiger partial charge in [-0.05, 0) is 78.9 Å². The maximum atomic E-state index is 14.0. The van der Waals surface area contributed by atoms with E-state index in [4.69, 9.17) is 14.9 Å². The van der Waals surface area contributed by atoms with Crippen LogP contribution in [0.3, 0.4) is 0 Å². The Kier molecular flexibility index (Phi) is 7.15. The Labute approximate surface area is 233 Å². The van der Waals surface area contributed by atoms with Gasteiger partial charge >= 0.3 is 6.18 Å². The van der Waals surface area contributed by atoms with E-state index < -0.39 is 26.1 Å². The monoisotopic (exact) mass is 571 g/mol. The number of nitrogens with zero attached hydrogens (tertiary/aromatic N) is 2. The van der Waals surface area contributed by atoms with E-state index in [0.29, 0.717) is 41.5 Å². The van der Waals surface area contributed by atoms with E-state index in [1.807, 2.05) is 6.07 Å². The highest BCUT2D eigenvalue weighted by molar-refractivity contribution is 6.74. The first-order valence-electron chi connectivity index (χ1n) is 13.6. The molecule has 1 unspecified atom stereocenters. The fourth-order valence-electron chi connectivity index (χ4n) is 4.77. The molecule has 1 atom stereocenters. The van der Waals surface area contributed by atoms with Gasteiger partial charge in [-0.1, -0.05) is 26.8 Å². The summed E-state index contributed by atoms with van der Waals surface area (Å²) in [4.78, 5) is 20.2. The third-order valence-corrected chi connectivity index (χ3v) is 12.9. The summed E-state index contributed by atoms with van der Waals surface area (Å²) in [6.07, 6.45) is -2.42. The second-order valence-electron chi connectivity index (χ2n) is 12.5. The van der Waals surface area contributed by atoms with Crippen molar-refractivity contribution in [1.29, 1.82) is 0 Å². The van der Waals surface area contributed by atoms with Gasteiger partial charge in [-0.25, -0.2) is 4.98 Å². The van der Waals surface area contributed by atoms with E-state index in [2.05, 4.69) is 38.8 Å². The smallest absolute Gasteiger partial charge is 0.416 e. The fraction of sp³-hybridized carbons (Fsp3) is 0.467. The summed E-state index contributed by atoms with van der Waals surface area (Å²) in [5.74, 6) is 0.742. The highest BCUT2D eigenvalue weighted by Gasteiger charge is 2.39. The first kappa shape index (κ1) is 28.4. The van der Waals surface area contributed by atoms with Gasteiger partial charge in [-0.15, -0.1) is 0 Å². The number of carbonyl (C=O) groups excluding carboxylic acids is 1. The van der Waals surface area contributed by atoms with Crippen molar-refractivity contribution < 1.29 is 27.1 Å². The van der Waals surface area contributed by atoms with Crippen LogP contribution in [0.15, 0.2) is 42.5 Å². The Hall–Kier alpha value is -3.11. The number of halogens is 3. The lowest BCUT2D eigenvalue weighted by molar-refractivity contribution is -0.137. The average Bonchev–Trinajstić information content (AvgIpc) is 3.60. The molecule has 214 valence electrons. The molecule has 2 heterocycles. The van der Waals surface area contributed by atoms with Gasteiger partial charge in [0.2, 0.25) is 0 Å². The van der Waals surface area contributed by atoms with Crippen molar-refractivity contribution in [3.63, 3.8) is 0 Å². The second-order valence-corrected chi connectivity index (χ2v) is 17.3. The van der Waals surface area contributed by atoms with Gasteiger partial charge in [-0.2, -0.15) is 13.2 Å². The van der Waals surface area contributed by atoms with Gasteiger partial charge in [0, 0.05) is 23.1 Å². The van der Waals surface area contributed by atoms with Gasteiger partial charge in [0.25, 0.3) is 5.91 Å². The van der Waals surface area contributed by atoms with Crippen molar-refractivity contribution >= 4 is 30.9 Å². The fourth-order valence-corrected chi connectivity index (χ4v) is 5.72. The lowest BCUT2D eigenvalue weighted by Gasteiger charge is -2.36. The quantitative estimate of drug-likeness (QED) is 0.300. The number of ether oxygens (including phenoxy) is 1. The number of nitrogen functional groups attached to an aromatic ring is 1. The first-order valence-corrected chi connectivity index (χ1v) is 16.5. The minimum atomic E-state index is -4.46. The van der Waals surface area contributed by atoms with Gasteiger partial charge in [0.15, 0.2) is 8.32 Å². The Morgan fingerprint density at radius 2 is 1.85 bits per heavy atom. The maximum absolute atomic E-state index is 14.0. The van der Waals surface area contributed by atoms with Gasteiger partial charge in [0.1, 0.15) is 18.2 Å². The Balaban J connectivity index is 1.47. The van der Waals surface area contributed by atoms with Crippen molar-refractivity contribution in [2.45, 2.75) is 70.6 Å². The van der Waals surface area contributed by atoms with Crippen LogP contribution in [0.4, 0.5) is 19.0 Å². The number of hydrogen-bond donors (Lipinski definition) is 1.